The van der Waals surface area contributed by atoms with Crippen LogP contribution in [0.3, 0.4) is 0 Å². The molecule has 2 atom stereocenters. The Bertz CT molecular complexity index is 678. The van der Waals surface area contributed by atoms with Crippen LogP contribution in [-0.4, -0.2) is 68.4 Å². The first-order valence-corrected chi connectivity index (χ1v) is 12.6. The average Bonchev–Trinajstić information content (AvgIpc) is 3.26. The fourth-order valence-electron chi connectivity index (χ4n) is 3.68. The van der Waals surface area contributed by atoms with Crippen LogP contribution in [0.1, 0.15) is 58.8 Å². The van der Waals surface area contributed by atoms with Crippen molar-refractivity contribution in [1.29, 1.82) is 0 Å². The monoisotopic (exact) mass is 447 g/mol. The third-order valence-electron chi connectivity index (χ3n) is 5.67. The summed E-state index contributed by atoms with van der Waals surface area (Å²) in [5, 5.41) is 10.7. The maximum atomic E-state index is 5.05. The largest absolute Gasteiger partial charge is 0.375 e. The number of aliphatic imine (C=N–C) groups is 1. The molecule has 0 saturated carbocycles. The van der Waals surface area contributed by atoms with E-state index in [1.165, 1.54) is 10.6 Å². The van der Waals surface area contributed by atoms with Gasteiger partial charge in [0.05, 0.1) is 11.6 Å². The van der Waals surface area contributed by atoms with E-state index in [2.05, 4.69) is 98.5 Å². The minimum Gasteiger partial charge on any atom is -0.375 e. The topological polar surface area (TPSA) is 43.6 Å². The molecule has 0 radical (unpaired) electrons. The van der Waals surface area contributed by atoms with Crippen LogP contribution >= 0.6 is 11.3 Å². The normalized spacial score (nSPS) is 15.3. The highest BCUT2D eigenvalue weighted by molar-refractivity contribution is 7.09. The van der Waals surface area contributed by atoms with E-state index in [-0.39, 0.29) is 11.6 Å². The SMILES string of the molecule is CCC=C(N(C)CCN(C)CC)C(C)(C)N=CC(C)CC(CCc1cccs1)N=NC. The predicted octanol–water partition coefficient (Wildman–Crippen LogP) is 6.18. The smallest absolute Gasteiger partial charge is 0.0939 e. The van der Waals surface area contributed by atoms with Crippen LogP contribution in [0.5, 0.6) is 0 Å². The summed E-state index contributed by atoms with van der Waals surface area (Å²) < 4.78 is 0. The molecule has 2 unspecified atom stereocenters. The molecule has 31 heavy (non-hydrogen) atoms. The van der Waals surface area contributed by atoms with Gasteiger partial charge in [-0.05, 0) is 70.5 Å². The number of thiophene rings is 1. The van der Waals surface area contributed by atoms with E-state index >= 15 is 0 Å². The number of likely N-dealkylation sites (N-methyl/N-ethyl adjacent to an activating group) is 2. The van der Waals surface area contributed by atoms with Crippen molar-refractivity contribution in [3.05, 3.63) is 34.2 Å². The lowest BCUT2D eigenvalue weighted by Gasteiger charge is -2.34. The van der Waals surface area contributed by atoms with Crippen molar-refractivity contribution in [2.24, 2.45) is 21.1 Å². The third-order valence-corrected chi connectivity index (χ3v) is 6.61. The molecule has 6 heteroatoms. The third kappa shape index (κ3) is 10.6. The van der Waals surface area contributed by atoms with Crippen molar-refractivity contribution >= 4 is 17.6 Å². The molecule has 0 bridgehead atoms. The second kappa shape index (κ2) is 14.5. The minimum absolute atomic E-state index is 0.245. The van der Waals surface area contributed by atoms with E-state index in [0.29, 0.717) is 5.92 Å². The summed E-state index contributed by atoms with van der Waals surface area (Å²) >= 11 is 1.82. The number of rotatable bonds is 15. The summed E-state index contributed by atoms with van der Waals surface area (Å²) in [4.78, 5) is 11.2. The molecule has 5 nitrogen and oxygen atoms in total. The molecular formula is C25H45N5S. The highest BCUT2D eigenvalue weighted by atomic mass is 32.1. The number of hydrogen-bond acceptors (Lipinski definition) is 6. The zero-order valence-corrected chi connectivity index (χ0v) is 22.0. The van der Waals surface area contributed by atoms with Gasteiger partial charge in [-0.15, -0.1) is 11.3 Å². The van der Waals surface area contributed by atoms with Crippen molar-refractivity contribution in [2.75, 3.05) is 40.8 Å². The Labute approximate surface area is 195 Å². The van der Waals surface area contributed by atoms with Crippen LogP contribution in [0.2, 0.25) is 0 Å². The molecule has 0 spiro atoms. The van der Waals surface area contributed by atoms with Gasteiger partial charge < -0.3 is 9.80 Å². The molecule has 0 aromatic carbocycles. The minimum atomic E-state index is -0.247. The van der Waals surface area contributed by atoms with Gasteiger partial charge >= 0.3 is 0 Å². The van der Waals surface area contributed by atoms with Gasteiger partial charge in [0.2, 0.25) is 0 Å². The molecule has 176 valence electrons. The van der Waals surface area contributed by atoms with Crippen LogP contribution < -0.4 is 0 Å². The second-order valence-electron chi connectivity index (χ2n) is 8.95. The van der Waals surface area contributed by atoms with Gasteiger partial charge in [0.1, 0.15) is 0 Å². The Balaban J connectivity index is 2.74. The molecule has 0 N–H and O–H groups in total. The fourth-order valence-corrected chi connectivity index (χ4v) is 4.41. The molecule has 1 aromatic rings. The van der Waals surface area contributed by atoms with Gasteiger partial charge in [-0.2, -0.15) is 10.2 Å². The molecule has 0 aliphatic heterocycles. The maximum Gasteiger partial charge on any atom is 0.0939 e. The van der Waals surface area contributed by atoms with Crippen LogP contribution in [-0.2, 0) is 6.42 Å². The predicted molar refractivity (Wildman–Crippen MR) is 138 cm³/mol. The number of aryl methyl sites for hydroxylation is 1. The Hall–Kier alpha value is -1.53. The first-order valence-electron chi connectivity index (χ1n) is 11.7. The molecule has 1 heterocycles. The molecule has 0 amide bonds. The van der Waals surface area contributed by atoms with Gasteiger partial charge in [-0.1, -0.05) is 32.9 Å². The van der Waals surface area contributed by atoms with Gasteiger partial charge in [0, 0.05) is 44.0 Å². The zero-order chi connectivity index (χ0) is 23.3. The molecule has 0 saturated heterocycles. The van der Waals surface area contributed by atoms with Crippen molar-refractivity contribution in [1.82, 2.24) is 9.80 Å². The van der Waals surface area contributed by atoms with E-state index in [4.69, 9.17) is 4.99 Å². The van der Waals surface area contributed by atoms with E-state index in [1.807, 2.05) is 11.3 Å². The van der Waals surface area contributed by atoms with Crippen LogP contribution in [0.15, 0.2) is 44.5 Å². The van der Waals surface area contributed by atoms with Gasteiger partial charge in [-0.25, -0.2) is 0 Å². The van der Waals surface area contributed by atoms with E-state index in [1.54, 1.807) is 7.05 Å². The number of allylic oxidation sites excluding steroid dienone is 1. The lowest BCUT2D eigenvalue weighted by atomic mass is 9.96. The van der Waals surface area contributed by atoms with Crippen molar-refractivity contribution < 1.29 is 0 Å². The van der Waals surface area contributed by atoms with E-state index in [9.17, 15) is 0 Å². The highest BCUT2D eigenvalue weighted by Crippen LogP contribution is 2.25. The van der Waals surface area contributed by atoms with Gasteiger partial charge in [-0.3, -0.25) is 4.99 Å². The number of azo groups is 1. The first-order chi connectivity index (χ1) is 14.7. The Kier molecular flexibility index (Phi) is 12.9. The van der Waals surface area contributed by atoms with Crippen LogP contribution in [0, 0.1) is 5.92 Å². The quantitative estimate of drug-likeness (QED) is 0.238. The molecular weight excluding hydrogens is 402 g/mol. The zero-order valence-electron chi connectivity index (χ0n) is 21.1. The Morgan fingerprint density at radius 1 is 1.23 bits per heavy atom. The summed E-state index contributed by atoms with van der Waals surface area (Å²) in [7, 11) is 6.13. The lowest BCUT2D eigenvalue weighted by molar-refractivity contribution is 0.276. The van der Waals surface area contributed by atoms with Gasteiger partial charge in [0.25, 0.3) is 0 Å². The molecule has 1 aromatic heterocycles. The molecule has 0 aliphatic rings. The lowest BCUT2D eigenvalue weighted by Crippen LogP contribution is -2.37. The molecule has 0 aliphatic carbocycles. The summed E-state index contributed by atoms with van der Waals surface area (Å²) in [6.07, 6.45) is 8.55. The molecule has 1 rings (SSSR count). The first kappa shape index (κ1) is 27.5. The molecule has 0 fully saturated rings. The average molecular weight is 448 g/mol. The van der Waals surface area contributed by atoms with E-state index < -0.39 is 0 Å². The summed E-state index contributed by atoms with van der Waals surface area (Å²) in [5.74, 6) is 0.359. The van der Waals surface area contributed by atoms with Crippen molar-refractivity contribution in [3.63, 3.8) is 0 Å². The second-order valence-corrected chi connectivity index (χ2v) is 9.98. The van der Waals surface area contributed by atoms with Gasteiger partial charge in [0.15, 0.2) is 0 Å². The summed E-state index contributed by atoms with van der Waals surface area (Å²) in [5.41, 5.74) is 1.05. The summed E-state index contributed by atoms with van der Waals surface area (Å²) in [6.45, 7) is 14.2. The Morgan fingerprint density at radius 2 is 1.97 bits per heavy atom. The van der Waals surface area contributed by atoms with Crippen molar-refractivity contribution in [2.45, 2.75) is 71.9 Å². The van der Waals surface area contributed by atoms with Crippen LogP contribution in [0.25, 0.3) is 0 Å². The highest BCUT2D eigenvalue weighted by Gasteiger charge is 2.25. The maximum absolute atomic E-state index is 5.05. The van der Waals surface area contributed by atoms with Crippen LogP contribution in [0.4, 0.5) is 0 Å². The Morgan fingerprint density at radius 3 is 2.55 bits per heavy atom. The van der Waals surface area contributed by atoms with Crippen molar-refractivity contribution in [3.8, 4) is 0 Å². The number of nitrogens with zero attached hydrogens (tertiary/aromatic N) is 5. The summed E-state index contributed by atoms with van der Waals surface area (Å²) in [6, 6.07) is 4.57. The fraction of sp³-hybridized carbons (Fsp3) is 0.720. The van der Waals surface area contributed by atoms with E-state index in [0.717, 1.165) is 45.3 Å². The number of hydrogen-bond donors (Lipinski definition) is 0. The standard InChI is InChI=1S/C25H45N5S/c1-9-12-24(30(8)17-16-29(7)10-2)25(4,5)27-20-21(3)19-22(28-26-6)14-15-23-13-11-18-31-23/h11-13,18,20-22H,9-10,14-17,19H2,1-8H3.